The van der Waals surface area contributed by atoms with Gasteiger partial charge in [0.25, 0.3) is 0 Å². The number of nitrogens with one attached hydrogen (secondary N) is 2. The zero-order valence-corrected chi connectivity index (χ0v) is 14.7. The van der Waals surface area contributed by atoms with Gasteiger partial charge in [0, 0.05) is 41.5 Å². The summed E-state index contributed by atoms with van der Waals surface area (Å²) in [4.78, 5) is 14.3. The van der Waals surface area contributed by atoms with Crippen LogP contribution >= 0.6 is 11.8 Å². The Morgan fingerprint density at radius 2 is 1.74 bits per heavy atom. The van der Waals surface area contributed by atoms with Gasteiger partial charge in [-0.3, -0.25) is 0 Å². The van der Waals surface area contributed by atoms with E-state index in [0.29, 0.717) is 6.04 Å². The molecule has 2 heterocycles. The van der Waals surface area contributed by atoms with Crippen LogP contribution in [0.2, 0.25) is 0 Å². The SMILES string of the molecule is CC1CC(Nc2ccc(NC(=O)N3CCCCCC3)cc2)CS1. The first-order chi connectivity index (χ1) is 11.2. The summed E-state index contributed by atoms with van der Waals surface area (Å²) in [6.07, 6.45) is 5.94. The molecule has 4 nitrogen and oxygen atoms in total. The van der Waals surface area contributed by atoms with Gasteiger partial charge in [0.05, 0.1) is 0 Å². The van der Waals surface area contributed by atoms with Crippen molar-refractivity contribution in [2.45, 2.75) is 50.3 Å². The minimum absolute atomic E-state index is 0.0358. The van der Waals surface area contributed by atoms with Crippen LogP contribution in [0, 0.1) is 0 Å². The predicted octanol–water partition coefficient (Wildman–Crippen LogP) is 4.40. The third-order valence-electron chi connectivity index (χ3n) is 4.60. The second-order valence-electron chi connectivity index (χ2n) is 6.63. The summed E-state index contributed by atoms with van der Waals surface area (Å²) in [5.74, 6) is 1.18. The van der Waals surface area contributed by atoms with Gasteiger partial charge in [-0.2, -0.15) is 11.8 Å². The van der Waals surface area contributed by atoms with Gasteiger partial charge in [0.1, 0.15) is 0 Å². The zero-order chi connectivity index (χ0) is 16.1. The Kier molecular flexibility index (Phi) is 5.70. The van der Waals surface area contributed by atoms with Crippen molar-refractivity contribution >= 4 is 29.2 Å². The third kappa shape index (κ3) is 4.80. The van der Waals surface area contributed by atoms with Gasteiger partial charge in [-0.1, -0.05) is 19.8 Å². The van der Waals surface area contributed by atoms with Gasteiger partial charge in [0.15, 0.2) is 0 Å². The number of carbonyl (C=O) groups is 1. The summed E-state index contributed by atoms with van der Waals surface area (Å²) >= 11 is 2.03. The van der Waals surface area contributed by atoms with Gasteiger partial charge in [-0.15, -0.1) is 0 Å². The van der Waals surface area contributed by atoms with E-state index in [-0.39, 0.29) is 6.03 Å². The molecule has 23 heavy (non-hydrogen) atoms. The van der Waals surface area contributed by atoms with Crippen molar-refractivity contribution in [3.05, 3.63) is 24.3 Å². The van der Waals surface area contributed by atoms with Crippen molar-refractivity contribution in [1.82, 2.24) is 4.90 Å². The summed E-state index contributed by atoms with van der Waals surface area (Å²) in [6, 6.07) is 8.70. The number of carbonyl (C=O) groups excluding carboxylic acids is 1. The number of anilines is 2. The molecule has 2 fully saturated rings. The van der Waals surface area contributed by atoms with Crippen LogP contribution in [0.5, 0.6) is 0 Å². The Bertz CT molecular complexity index is 512. The molecule has 2 unspecified atom stereocenters. The molecule has 126 valence electrons. The van der Waals surface area contributed by atoms with E-state index in [1.54, 1.807) is 0 Å². The highest BCUT2D eigenvalue weighted by atomic mass is 32.2. The lowest BCUT2D eigenvalue weighted by Gasteiger charge is -2.21. The van der Waals surface area contributed by atoms with E-state index in [2.05, 4.69) is 29.7 Å². The molecule has 1 aromatic rings. The lowest BCUT2D eigenvalue weighted by atomic mass is 10.2. The zero-order valence-electron chi connectivity index (χ0n) is 13.9. The van der Waals surface area contributed by atoms with Crippen LogP contribution in [-0.4, -0.2) is 41.1 Å². The number of benzene rings is 1. The standard InChI is InChI=1S/C18H27N3OS/c1-14-12-17(13-23-14)19-15-6-8-16(9-7-15)20-18(22)21-10-4-2-3-5-11-21/h6-9,14,17,19H,2-5,10-13H2,1H3,(H,20,22). The number of amides is 2. The van der Waals surface area contributed by atoms with E-state index >= 15 is 0 Å². The molecule has 5 heteroatoms. The van der Waals surface area contributed by atoms with E-state index in [4.69, 9.17) is 0 Å². The normalized spacial score (nSPS) is 25.0. The first-order valence-electron chi connectivity index (χ1n) is 8.75. The molecule has 0 aliphatic carbocycles. The monoisotopic (exact) mass is 333 g/mol. The highest BCUT2D eigenvalue weighted by Gasteiger charge is 2.21. The Balaban J connectivity index is 1.51. The molecule has 0 saturated carbocycles. The highest BCUT2D eigenvalue weighted by molar-refractivity contribution is 8.00. The molecule has 0 radical (unpaired) electrons. The molecule has 0 spiro atoms. The first kappa shape index (κ1) is 16.5. The van der Waals surface area contributed by atoms with E-state index < -0.39 is 0 Å². The van der Waals surface area contributed by atoms with Crippen LogP contribution < -0.4 is 10.6 Å². The third-order valence-corrected chi connectivity index (χ3v) is 5.95. The maximum absolute atomic E-state index is 12.3. The number of rotatable bonds is 3. The van der Waals surface area contributed by atoms with Gasteiger partial charge < -0.3 is 15.5 Å². The second kappa shape index (κ2) is 7.95. The number of hydrogen-bond donors (Lipinski definition) is 2. The van der Waals surface area contributed by atoms with Crippen LogP contribution in [0.15, 0.2) is 24.3 Å². The Morgan fingerprint density at radius 3 is 2.35 bits per heavy atom. The number of thioether (sulfide) groups is 1. The molecular formula is C18H27N3OS. The van der Waals surface area contributed by atoms with Crippen LogP contribution in [-0.2, 0) is 0 Å². The van der Waals surface area contributed by atoms with Crippen molar-refractivity contribution in [1.29, 1.82) is 0 Å². The number of urea groups is 1. The van der Waals surface area contributed by atoms with E-state index in [0.717, 1.165) is 42.6 Å². The molecule has 3 rings (SSSR count). The fourth-order valence-electron chi connectivity index (χ4n) is 3.28. The molecule has 2 amide bonds. The number of hydrogen-bond acceptors (Lipinski definition) is 3. The molecule has 0 aromatic heterocycles. The summed E-state index contributed by atoms with van der Waals surface area (Å²) in [5.41, 5.74) is 2.01. The topological polar surface area (TPSA) is 44.4 Å². The average Bonchev–Trinajstić information content (AvgIpc) is 2.79. The summed E-state index contributed by atoms with van der Waals surface area (Å²) in [5, 5.41) is 7.35. The smallest absolute Gasteiger partial charge is 0.321 e. The maximum Gasteiger partial charge on any atom is 0.321 e. The second-order valence-corrected chi connectivity index (χ2v) is 8.10. The molecule has 2 aliphatic rings. The molecule has 0 bridgehead atoms. The van der Waals surface area contributed by atoms with Crippen molar-refractivity contribution in [2.75, 3.05) is 29.5 Å². The fourth-order valence-corrected chi connectivity index (χ4v) is 4.43. The van der Waals surface area contributed by atoms with Crippen molar-refractivity contribution in [3.63, 3.8) is 0 Å². The minimum Gasteiger partial charge on any atom is -0.381 e. The Labute approximate surface area is 143 Å². The lowest BCUT2D eigenvalue weighted by Crippen LogP contribution is -2.35. The Hall–Kier alpha value is -1.36. The van der Waals surface area contributed by atoms with Crippen LogP contribution in [0.1, 0.15) is 39.0 Å². The molecule has 2 N–H and O–H groups in total. The minimum atomic E-state index is 0.0358. The molecule has 2 atom stereocenters. The van der Waals surface area contributed by atoms with Gasteiger partial charge >= 0.3 is 6.03 Å². The summed E-state index contributed by atoms with van der Waals surface area (Å²) in [7, 11) is 0. The van der Waals surface area contributed by atoms with Crippen molar-refractivity contribution < 1.29 is 4.79 Å². The molecular weight excluding hydrogens is 306 g/mol. The maximum atomic E-state index is 12.3. The molecule has 2 saturated heterocycles. The highest BCUT2D eigenvalue weighted by Crippen LogP contribution is 2.28. The van der Waals surface area contributed by atoms with Crippen molar-refractivity contribution in [3.8, 4) is 0 Å². The van der Waals surface area contributed by atoms with Crippen LogP contribution in [0.4, 0.5) is 16.2 Å². The van der Waals surface area contributed by atoms with Crippen molar-refractivity contribution in [2.24, 2.45) is 0 Å². The number of nitrogens with zero attached hydrogens (tertiary/aromatic N) is 1. The predicted molar refractivity (Wildman–Crippen MR) is 99.4 cm³/mol. The largest absolute Gasteiger partial charge is 0.381 e. The van der Waals surface area contributed by atoms with Gasteiger partial charge in [-0.05, 0) is 43.5 Å². The van der Waals surface area contributed by atoms with E-state index in [1.165, 1.54) is 25.0 Å². The lowest BCUT2D eigenvalue weighted by molar-refractivity contribution is 0.214. The number of likely N-dealkylation sites (tertiary alicyclic amines) is 1. The molecule has 1 aromatic carbocycles. The van der Waals surface area contributed by atoms with Crippen LogP contribution in [0.25, 0.3) is 0 Å². The summed E-state index contributed by atoms with van der Waals surface area (Å²) < 4.78 is 0. The van der Waals surface area contributed by atoms with E-state index in [9.17, 15) is 4.79 Å². The summed E-state index contributed by atoms with van der Waals surface area (Å²) in [6.45, 7) is 4.04. The van der Waals surface area contributed by atoms with Gasteiger partial charge in [0.2, 0.25) is 0 Å². The average molecular weight is 334 g/mol. The van der Waals surface area contributed by atoms with Gasteiger partial charge in [-0.25, -0.2) is 4.79 Å². The van der Waals surface area contributed by atoms with E-state index in [1.807, 2.05) is 28.8 Å². The Morgan fingerprint density at radius 1 is 1.09 bits per heavy atom. The van der Waals surface area contributed by atoms with Crippen LogP contribution in [0.3, 0.4) is 0 Å². The quantitative estimate of drug-likeness (QED) is 0.861. The fraction of sp³-hybridized carbons (Fsp3) is 0.611. The molecule has 2 aliphatic heterocycles. The first-order valence-corrected chi connectivity index (χ1v) is 9.80.